The Bertz CT molecular complexity index is 1170. The molecule has 1 aliphatic carbocycles. The van der Waals surface area contributed by atoms with Crippen LogP contribution in [0.3, 0.4) is 0 Å². The van der Waals surface area contributed by atoms with Gasteiger partial charge in [0.1, 0.15) is 23.2 Å². The zero-order valence-electron chi connectivity index (χ0n) is 19.9. The van der Waals surface area contributed by atoms with Gasteiger partial charge in [0.05, 0.1) is 35.1 Å². The fourth-order valence-corrected chi connectivity index (χ4v) is 6.00. The number of aliphatic hydroxyl groups excluding tert-OH is 1. The molecule has 10 heteroatoms. The van der Waals surface area contributed by atoms with E-state index in [0.29, 0.717) is 33.8 Å². The molecule has 7 nitrogen and oxygen atoms in total. The average Bonchev–Trinajstić information content (AvgIpc) is 2.80. The number of fused-ring (bicyclic) bond motifs is 1. The van der Waals surface area contributed by atoms with Crippen molar-refractivity contribution in [1.82, 2.24) is 5.32 Å². The maximum Gasteiger partial charge on any atom is 0.229 e. The number of aliphatic hydroxyl groups is 1. The molecule has 2 unspecified atom stereocenters. The van der Waals surface area contributed by atoms with Crippen LogP contribution in [0.5, 0.6) is 11.5 Å². The van der Waals surface area contributed by atoms with Crippen LogP contribution in [-0.4, -0.2) is 45.1 Å². The second-order valence-electron chi connectivity index (χ2n) is 9.42. The van der Waals surface area contributed by atoms with E-state index in [1.54, 1.807) is 18.2 Å². The van der Waals surface area contributed by atoms with Gasteiger partial charge < -0.3 is 19.9 Å². The summed E-state index contributed by atoms with van der Waals surface area (Å²) in [6.45, 7) is 0.656. The Labute approximate surface area is 217 Å². The van der Waals surface area contributed by atoms with E-state index < -0.39 is 21.7 Å². The minimum Gasteiger partial charge on any atom is -0.495 e. The van der Waals surface area contributed by atoms with Crippen LogP contribution in [0.25, 0.3) is 0 Å². The highest BCUT2D eigenvalue weighted by atomic mass is 35.5. The molecule has 0 radical (unpaired) electrons. The summed E-state index contributed by atoms with van der Waals surface area (Å²) in [5.41, 5.74) is 1.45. The number of halogens is 2. The number of hydrogen-bond donors (Lipinski definition) is 3. The van der Waals surface area contributed by atoms with E-state index in [1.165, 1.54) is 7.11 Å². The third-order valence-corrected chi connectivity index (χ3v) is 8.15. The highest BCUT2D eigenvalue weighted by Gasteiger charge is 2.49. The normalized spacial score (nSPS) is 21.3. The molecular formula is C25H32Cl2N2O5S. The van der Waals surface area contributed by atoms with Crippen LogP contribution in [0.4, 0.5) is 5.69 Å². The Morgan fingerprint density at radius 2 is 1.89 bits per heavy atom. The maximum absolute atomic E-state index is 11.9. The summed E-state index contributed by atoms with van der Waals surface area (Å²) in [4.78, 5) is 0. The molecule has 0 amide bonds. The Morgan fingerprint density at radius 3 is 2.54 bits per heavy atom. The van der Waals surface area contributed by atoms with Crippen molar-refractivity contribution in [3.05, 3.63) is 51.5 Å². The molecule has 1 saturated carbocycles. The minimum absolute atomic E-state index is 0.314. The van der Waals surface area contributed by atoms with Crippen LogP contribution < -0.4 is 19.5 Å². The summed E-state index contributed by atoms with van der Waals surface area (Å²) in [5.74, 6) is 0.929. The third kappa shape index (κ3) is 6.00. The smallest absolute Gasteiger partial charge is 0.229 e. The number of anilines is 1. The Morgan fingerprint density at radius 1 is 1.14 bits per heavy atom. The molecule has 1 fully saturated rings. The molecule has 2 aromatic rings. The predicted molar refractivity (Wildman–Crippen MR) is 139 cm³/mol. The predicted octanol–water partition coefficient (Wildman–Crippen LogP) is 5.09. The van der Waals surface area contributed by atoms with Crippen molar-refractivity contribution in [1.29, 1.82) is 0 Å². The Hall–Kier alpha value is -1.71. The van der Waals surface area contributed by atoms with Crippen molar-refractivity contribution < 1.29 is 23.0 Å². The van der Waals surface area contributed by atoms with Gasteiger partial charge in [0.15, 0.2) is 0 Å². The van der Waals surface area contributed by atoms with E-state index in [2.05, 4.69) is 10.0 Å². The van der Waals surface area contributed by atoms with Gasteiger partial charge in [-0.1, -0.05) is 35.7 Å². The number of aryl methyl sites for hydroxylation is 1. The first kappa shape index (κ1) is 26.4. The first-order valence-corrected chi connectivity index (χ1v) is 14.5. The van der Waals surface area contributed by atoms with Crippen LogP contribution in [0.1, 0.15) is 55.7 Å². The third-order valence-electron chi connectivity index (χ3n) is 6.82. The van der Waals surface area contributed by atoms with Gasteiger partial charge in [-0.3, -0.25) is 4.72 Å². The average molecular weight is 544 g/mol. The molecule has 1 heterocycles. The summed E-state index contributed by atoms with van der Waals surface area (Å²) in [7, 11) is -2.03. The van der Waals surface area contributed by atoms with Crippen molar-refractivity contribution in [3.63, 3.8) is 0 Å². The number of methoxy groups -OCH3 is 1. The summed E-state index contributed by atoms with van der Waals surface area (Å²) in [5, 5.41) is 16.1. The lowest BCUT2D eigenvalue weighted by molar-refractivity contribution is -0.107. The zero-order chi connectivity index (χ0) is 25.2. The fraction of sp³-hybridized carbons (Fsp3) is 0.520. The van der Waals surface area contributed by atoms with E-state index in [0.717, 1.165) is 62.3 Å². The molecule has 0 aromatic heterocycles. The standard InChI is InChI=1S/C25H32Cl2N2O5S/c1-33-22-14-17-21(15-20(22)29-35(2,31)32)34-25(10-4-3-5-11-25)24(30)23(17)28-12-6-7-16-8-9-18(26)19(27)13-16/h8-9,13-15,23-24,28-30H,3-7,10-12H2,1-2H3. The van der Waals surface area contributed by atoms with E-state index >= 15 is 0 Å². The highest BCUT2D eigenvalue weighted by molar-refractivity contribution is 7.92. The lowest BCUT2D eigenvalue weighted by Crippen LogP contribution is -2.57. The molecule has 2 atom stereocenters. The van der Waals surface area contributed by atoms with Gasteiger partial charge in [0, 0.05) is 11.6 Å². The zero-order valence-corrected chi connectivity index (χ0v) is 22.3. The summed E-state index contributed by atoms with van der Waals surface area (Å²) < 4.78 is 38.2. The molecule has 192 valence electrons. The van der Waals surface area contributed by atoms with Gasteiger partial charge in [-0.25, -0.2) is 8.42 Å². The summed E-state index contributed by atoms with van der Waals surface area (Å²) in [6.07, 6.45) is 6.52. The molecule has 35 heavy (non-hydrogen) atoms. The monoisotopic (exact) mass is 542 g/mol. The molecule has 0 bridgehead atoms. The fourth-order valence-electron chi connectivity index (χ4n) is 5.12. The van der Waals surface area contributed by atoms with Crippen molar-refractivity contribution in [2.45, 2.75) is 62.7 Å². The molecule has 4 rings (SSSR count). The van der Waals surface area contributed by atoms with E-state index in [4.69, 9.17) is 32.7 Å². The van der Waals surface area contributed by atoms with Gasteiger partial charge in [-0.05, 0) is 68.8 Å². The maximum atomic E-state index is 11.9. The van der Waals surface area contributed by atoms with E-state index in [9.17, 15) is 13.5 Å². The molecule has 0 saturated heterocycles. The van der Waals surface area contributed by atoms with Crippen LogP contribution in [0.15, 0.2) is 30.3 Å². The summed E-state index contributed by atoms with van der Waals surface area (Å²) >= 11 is 12.2. The Kier molecular flexibility index (Phi) is 8.08. The largest absolute Gasteiger partial charge is 0.495 e. The number of ether oxygens (including phenoxy) is 2. The van der Waals surface area contributed by atoms with Gasteiger partial charge in [0.2, 0.25) is 10.0 Å². The van der Waals surface area contributed by atoms with Crippen LogP contribution in [-0.2, 0) is 16.4 Å². The van der Waals surface area contributed by atoms with Crippen LogP contribution in [0.2, 0.25) is 10.0 Å². The minimum atomic E-state index is -3.51. The number of nitrogens with one attached hydrogen (secondary N) is 2. The summed E-state index contributed by atoms with van der Waals surface area (Å²) in [6, 6.07) is 8.67. The molecule has 2 aliphatic rings. The highest BCUT2D eigenvalue weighted by Crippen LogP contribution is 2.49. The lowest BCUT2D eigenvalue weighted by atomic mass is 9.74. The lowest BCUT2D eigenvalue weighted by Gasteiger charge is -2.48. The van der Waals surface area contributed by atoms with Crippen LogP contribution in [0, 0.1) is 0 Å². The van der Waals surface area contributed by atoms with E-state index in [1.807, 2.05) is 12.1 Å². The number of rotatable bonds is 8. The quantitative estimate of drug-likeness (QED) is 0.402. The van der Waals surface area contributed by atoms with Gasteiger partial charge in [0.25, 0.3) is 0 Å². The molecule has 1 aliphatic heterocycles. The SMILES string of the molecule is COc1cc2c(cc1NS(C)(=O)=O)OC1(CCCCC1)C(O)C2NCCCc1ccc(Cl)c(Cl)c1. The molecule has 1 spiro atoms. The van der Waals surface area contributed by atoms with Gasteiger partial charge in [-0.2, -0.15) is 0 Å². The first-order chi connectivity index (χ1) is 16.6. The van der Waals surface area contributed by atoms with Crippen molar-refractivity contribution in [2.24, 2.45) is 0 Å². The number of sulfonamides is 1. The molecule has 3 N–H and O–H groups in total. The molecule has 2 aromatic carbocycles. The Balaban J connectivity index is 1.59. The number of benzene rings is 2. The van der Waals surface area contributed by atoms with Crippen molar-refractivity contribution >= 4 is 38.9 Å². The number of hydrogen-bond acceptors (Lipinski definition) is 6. The molecular weight excluding hydrogens is 511 g/mol. The second-order valence-corrected chi connectivity index (χ2v) is 12.0. The van der Waals surface area contributed by atoms with Crippen molar-refractivity contribution in [2.75, 3.05) is 24.6 Å². The van der Waals surface area contributed by atoms with Crippen molar-refractivity contribution in [3.8, 4) is 11.5 Å². The first-order valence-electron chi connectivity index (χ1n) is 11.9. The van der Waals surface area contributed by atoms with Gasteiger partial charge in [-0.15, -0.1) is 0 Å². The van der Waals surface area contributed by atoms with Crippen LogP contribution >= 0.6 is 23.2 Å². The second kappa shape index (κ2) is 10.7. The topological polar surface area (TPSA) is 96.9 Å². The van der Waals surface area contributed by atoms with Gasteiger partial charge >= 0.3 is 0 Å². The van der Waals surface area contributed by atoms with E-state index in [-0.39, 0.29) is 6.04 Å².